The molecule has 0 spiro atoms. The van der Waals surface area contributed by atoms with Crippen LogP contribution in [0.15, 0.2) is 58.3 Å². The summed E-state index contributed by atoms with van der Waals surface area (Å²) in [5.41, 5.74) is 3.15. The first-order chi connectivity index (χ1) is 12.0. The van der Waals surface area contributed by atoms with E-state index in [1.54, 1.807) is 13.0 Å². The third-order valence-electron chi connectivity index (χ3n) is 3.92. The van der Waals surface area contributed by atoms with Crippen LogP contribution in [-0.4, -0.2) is 27.1 Å². The van der Waals surface area contributed by atoms with Gasteiger partial charge in [0.15, 0.2) is 0 Å². The van der Waals surface area contributed by atoms with Gasteiger partial charge < -0.3 is 5.11 Å². The molecule has 0 saturated carbocycles. The Morgan fingerprint density at radius 3 is 2.56 bits per heavy atom. The first-order valence-electron chi connectivity index (χ1n) is 7.72. The number of para-hydroxylation sites is 1. The Morgan fingerprint density at radius 2 is 1.88 bits per heavy atom. The van der Waals surface area contributed by atoms with E-state index in [2.05, 4.69) is 10.1 Å². The van der Waals surface area contributed by atoms with Gasteiger partial charge >= 0.3 is 5.97 Å². The predicted octanol–water partition coefficient (Wildman–Crippen LogP) is 3.23. The number of aromatic amines is 1. The first-order valence-corrected chi connectivity index (χ1v) is 7.72. The summed E-state index contributed by atoms with van der Waals surface area (Å²) < 4.78 is 1.46. The van der Waals surface area contributed by atoms with Gasteiger partial charge in [0.05, 0.1) is 22.5 Å². The van der Waals surface area contributed by atoms with Gasteiger partial charge in [0.2, 0.25) is 0 Å². The molecule has 0 aliphatic heterocycles. The number of nitrogens with zero attached hydrogens (tertiary/aromatic N) is 2. The second kappa shape index (κ2) is 6.60. The lowest BCUT2D eigenvalue weighted by Gasteiger charge is -2.01. The van der Waals surface area contributed by atoms with Crippen molar-refractivity contribution in [3.63, 3.8) is 0 Å². The molecule has 0 aliphatic carbocycles. The zero-order valence-electron chi connectivity index (χ0n) is 13.9. The zero-order valence-corrected chi connectivity index (χ0v) is 13.9. The highest BCUT2D eigenvalue weighted by Crippen LogP contribution is 2.20. The van der Waals surface area contributed by atoms with E-state index in [0.29, 0.717) is 16.9 Å². The fourth-order valence-electron chi connectivity index (χ4n) is 2.49. The summed E-state index contributed by atoms with van der Waals surface area (Å²) in [5.74, 6) is -1.01. The number of H-pyrrole nitrogens is 1. The summed E-state index contributed by atoms with van der Waals surface area (Å²) in [6.45, 7) is 3.63. The van der Waals surface area contributed by atoms with Crippen molar-refractivity contribution in [2.75, 3.05) is 0 Å². The number of nitrogens with one attached hydrogen (secondary N) is 1. The molecule has 2 N–H and O–H groups in total. The van der Waals surface area contributed by atoms with Crippen molar-refractivity contribution < 1.29 is 9.90 Å². The third kappa shape index (κ3) is 3.28. The van der Waals surface area contributed by atoms with Gasteiger partial charge in [-0.05, 0) is 43.7 Å². The van der Waals surface area contributed by atoms with Crippen LogP contribution in [0.25, 0.3) is 5.69 Å². The normalized spacial score (nSPS) is 11.1. The van der Waals surface area contributed by atoms with Crippen LogP contribution < -0.4 is 5.56 Å². The van der Waals surface area contributed by atoms with Gasteiger partial charge in [0.25, 0.3) is 5.56 Å². The summed E-state index contributed by atoms with van der Waals surface area (Å²) in [7, 11) is 0. The Bertz CT molecular complexity index is 1010. The number of carboxylic acids is 1. The number of aromatic carboxylic acids is 1. The predicted molar refractivity (Wildman–Crippen MR) is 96.5 cm³/mol. The number of hydrogen-bond acceptors (Lipinski definition) is 3. The standard InChI is InChI=1S/C19H17N3O3/c1-12-8-9-14(19(24)25)10-17(12)20-11-16-13(2)21-22(18(16)23)15-6-4-3-5-7-15/h3-11,21H,1-2H3,(H,24,25). The quantitative estimate of drug-likeness (QED) is 0.718. The number of carbonyl (C=O) groups is 1. The maximum absolute atomic E-state index is 12.6. The van der Waals surface area contributed by atoms with E-state index in [0.717, 1.165) is 11.3 Å². The Labute approximate surface area is 144 Å². The lowest BCUT2D eigenvalue weighted by molar-refractivity contribution is 0.0697. The molecule has 6 heteroatoms. The smallest absolute Gasteiger partial charge is 0.335 e. The second-order valence-corrected chi connectivity index (χ2v) is 5.69. The van der Waals surface area contributed by atoms with Gasteiger partial charge in [-0.15, -0.1) is 0 Å². The SMILES string of the molecule is Cc1ccc(C(=O)O)cc1N=Cc1c(C)[nH]n(-c2ccccc2)c1=O. The van der Waals surface area contributed by atoms with Crippen LogP contribution in [-0.2, 0) is 0 Å². The highest BCUT2D eigenvalue weighted by atomic mass is 16.4. The number of aromatic nitrogens is 2. The van der Waals surface area contributed by atoms with Gasteiger partial charge in [-0.25, -0.2) is 9.48 Å². The molecule has 126 valence electrons. The zero-order chi connectivity index (χ0) is 18.0. The molecule has 25 heavy (non-hydrogen) atoms. The Hall–Kier alpha value is -3.41. The third-order valence-corrected chi connectivity index (χ3v) is 3.92. The minimum atomic E-state index is -1.01. The minimum absolute atomic E-state index is 0.158. The molecule has 0 radical (unpaired) electrons. The first kappa shape index (κ1) is 16.4. The fourth-order valence-corrected chi connectivity index (χ4v) is 2.49. The van der Waals surface area contributed by atoms with E-state index in [1.807, 2.05) is 37.3 Å². The van der Waals surface area contributed by atoms with E-state index < -0.39 is 5.97 Å². The summed E-state index contributed by atoms with van der Waals surface area (Å²) in [6, 6.07) is 14.0. The van der Waals surface area contributed by atoms with Crippen molar-refractivity contribution in [2.24, 2.45) is 4.99 Å². The highest BCUT2D eigenvalue weighted by Gasteiger charge is 2.11. The van der Waals surface area contributed by atoms with Crippen LogP contribution in [0, 0.1) is 13.8 Å². The molecular weight excluding hydrogens is 318 g/mol. The number of benzene rings is 2. The molecule has 0 aliphatic rings. The van der Waals surface area contributed by atoms with Crippen LogP contribution in [0.3, 0.4) is 0 Å². The van der Waals surface area contributed by atoms with Gasteiger partial charge in [0, 0.05) is 11.9 Å². The maximum Gasteiger partial charge on any atom is 0.335 e. The lowest BCUT2D eigenvalue weighted by atomic mass is 10.1. The number of rotatable bonds is 4. The van der Waals surface area contributed by atoms with Crippen molar-refractivity contribution >= 4 is 17.9 Å². The van der Waals surface area contributed by atoms with E-state index in [9.17, 15) is 9.59 Å². The Kier molecular flexibility index (Phi) is 4.35. The van der Waals surface area contributed by atoms with Crippen molar-refractivity contribution in [3.8, 4) is 5.69 Å². The van der Waals surface area contributed by atoms with Gasteiger partial charge in [0.1, 0.15) is 0 Å². The molecule has 1 heterocycles. The monoisotopic (exact) mass is 335 g/mol. The fraction of sp³-hybridized carbons (Fsp3) is 0.105. The maximum atomic E-state index is 12.6. The van der Waals surface area contributed by atoms with E-state index in [4.69, 9.17) is 5.11 Å². The largest absolute Gasteiger partial charge is 0.478 e. The van der Waals surface area contributed by atoms with Crippen molar-refractivity contribution in [2.45, 2.75) is 13.8 Å². The molecule has 0 unspecified atom stereocenters. The molecule has 1 aromatic heterocycles. The van der Waals surface area contributed by atoms with Crippen molar-refractivity contribution in [1.82, 2.24) is 9.78 Å². The number of aliphatic imine (C=N–C) groups is 1. The number of hydrogen-bond donors (Lipinski definition) is 2. The summed E-state index contributed by atoms with van der Waals surface area (Å²) >= 11 is 0. The summed E-state index contributed by atoms with van der Waals surface area (Å²) in [6.07, 6.45) is 1.47. The van der Waals surface area contributed by atoms with E-state index in [1.165, 1.54) is 23.0 Å². The van der Waals surface area contributed by atoms with Crippen LogP contribution in [0.1, 0.15) is 27.2 Å². The number of carboxylic acid groups (broad SMARTS) is 1. The van der Waals surface area contributed by atoms with Gasteiger partial charge in [-0.2, -0.15) is 0 Å². The Morgan fingerprint density at radius 1 is 1.16 bits per heavy atom. The highest BCUT2D eigenvalue weighted by molar-refractivity contribution is 5.90. The summed E-state index contributed by atoms with van der Waals surface area (Å²) in [4.78, 5) is 28.0. The van der Waals surface area contributed by atoms with E-state index >= 15 is 0 Å². The molecule has 0 saturated heterocycles. The van der Waals surface area contributed by atoms with Crippen molar-refractivity contribution in [3.05, 3.63) is 81.3 Å². The molecule has 0 fully saturated rings. The molecule has 0 amide bonds. The van der Waals surface area contributed by atoms with Gasteiger partial charge in [-0.3, -0.25) is 14.9 Å². The lowest BCUT2D eigenvalue weighted by Crippen LogP contribution is -2.17. The molecule has 6 nitrogen and oxygen atoms in total. The van der Waals surface area contributed by atoms with Crippen molar-refractivity contribution in [1.29, 1.82) is 0 Å². The van der Waals surface area contributed by atoms with Crippen LogP contribution in [0.5, 0.6) is 0 Å². The molecule has 0 atom stereocenters. The molecule has 0 bridgehead atoms. The molecule has 3 rings (SSSR count). The van der Waals surface area contributed by atoms with Crippen LogP contribution in [0.2, 0.25) is 0 Å². The molecular formula is C19H17N3O3. The second-order valence-electron chi connectivity index (χ2n) is 5.69. The molecule has 2 aromatic carbocycles. The van der Waals surface area contributed by atoms with Gasteiger partial charge in [-0.1, -0.05) is 24.3 Å². The van der Waals surface area contributed by atoms with Crippen LogP contribution in [0.4, 0.5) is 5.69 Å². The number of aryl methyl sites for hydroxylation is 2. The topological polar surface area (TPSA) is 87.4 Å². The minimum Gasteiger partial charge on any atom is -0.478 e. The Balaban J connectivity index is 2.01. The average Bonchev–Trinajstić information content (AvgIpc) is 2.89. The average molecular weight is 335 g/mol. The molecule has 3 aromatic rings. The van der Waals surface area contributed by atoms with Crippen LogP contribution >= 0.6 is 0 Å². The summed E-state index contributed by atoms with van der Waals surface area (Å²) in [5, 5.41) is 12.1. The van der Waals surface area contributed by atoms with E-state index in [-0.39, 0.29) is 11.1 Å².